The van der Waals surface area contributed by atoms with Crippen molar-refractivity contribution in [1.29, 1.82) is 0 Å². The predicted molar refractivity (Wildman–Crippen MR) is 57.2 cm³/mol. The first kappa shape index (κ1) is 11.6. The smallest absolute Gasteiger partial charge is 0.234 e. The van der Waals surface area contributed by atoms with Gasteiger partial charge >= 0.3 is 0 Å². The van der Waals surface area contributed by atoms with E-state index >= 15 is 0 Å². The highest BCUT2D eigenvalue weighted by Crippen LogP contribution is 1.92. The van der Waals surface area contributed by atoms with Gasteiger partial charge in [0.1, 0.15) is 0 Å². The Hall–Kier alpha value is -1.49. The lowest BCUT2D eigenvalue weighted by molar-refractivity contribution is -0.120. The third-order valence-corrected chi connectivity index (χ3v) is 1.84. The first-order valence-electron chi connectivity index (χ1n) is 4.97. The lowest BCUT2D eigenvalue weighted by Gasteiger charge is -2.04. The molecule has 2 N–H and O–H groups in total. The van der Waals surface area contributed by atoms with E-state index in [1.807, 2.05) is 13.8 Å². The fourth-order valence-electron chi connectivity index (χ4n) is 1.00. The van der Waals surface area contributed by atoms with Gasteiger partial charge in [-0.15, -0.1) is 0 Å². The molecule has 1 amide bonds. The average Bonchev–Trinajstić information content (AvgIpc) is 2.25. The second kappa shape index (κ2) is 6.08. The van der Waals surface area contributed by atoms with Gasteiger partial charge in [-0.05, 0) is 13.5 Å². The van der Waals surface area contributed by atoms with Crippen LogP contribution in [0.3, 0.4) is 0 Å². The van der Waals surface area contributed by atoms with Crippen molar-refractivity contribution >= 4 is 5.91 Å². The van der Waals surface area contributed by atoms with Gasteiger partial charge in [-0.2, -0.15) is 0 Å². The van der Waals surface area contributed by atoms with Gasteiger partial charge in [0.25, 0.3) is 0 Å². The summed E-state index contributed by atoms with van der Waals surface area (Å²) in [7, 11) is 0. The Balaban J connectivity index is 2.30. The van der Waals surface area contributed by atoms with Crippen LogP contribution in [0.4, 0.5) is 0 Å². The SMILES string of the molecule is CCNCC(=O)NCc1cnc(C)cn1. The molecule has 0 spiro atoms. The topological polar surface area (TPSA) is 66.9 Å². The fourth-order valence-corrected chi connectivity index (χ4v) is 1.00. The number of rotatable bonds is 5. The zero-order valence-electron chi connectivity index (χ0n) is 9.08. The molecule has 5 heteroatoms. The Bertz CT molecular complexity index is 310. The van der Waals surface area contributed by atoms with Crippen molar-refractivity contribution in [3.63, 3.8) is 0 Å². The van der Waals surface area contributed by atoms with Gasteiger partial charge in [0.05, 0.1) is 30.7 Å². The number of carbonyl (C=O) groups excluding carboxylic acids is 1. The zero-order valence-corrected chi connectivity index (χ0v) is 9.08. The molecule has 0 bridgehead atoms. The molecule has 1 rings (SSSR count). The zero-order chi connectivity index (χ0) is 11.1. The van der Waals surface area contributed by atoms with E-state index in [1.54, 1.807) is 12.4 Å². The number of likely N-dealkylation sites (N-methyl/N-ethyl adjacent to an activating group) is 1. The summed E-state index contributed by atoms with van der Waals surface area (Å²) >= 11 is 0. The van der Waals surface area contributed by atoms with Crippen LogP contribution < -0.4 is 10.6 Å². The van der Waals surface area contributed by atoms with Crippen LogP contribution >= 0.6 is 0 Å². The number of aryl methyl sites for hydroxylation is 1. The molecule has 0 radical (unpaired) electrons. The molecule has 0 atom stereocenters. The summed E-state index contributed by atoms with van der Waals surface area (Å²) in [6, 6.07) is 0. The molecule has 1 aromatic rings. The summed E-state index contributed by atoms with van der Waals surface area (Å²) in [5, 5.41) is 5.69. The maximum atomic E-state index is 11.2. The highest BCUT2D eigenvalue weighted by Gasteiger charge is 2.00. The van der Waals surface area contributed by atoms with E-state index in [9.17, 15) is 4.79 Å². The number of hydrogen-bond acceptors (Lipinski definition) is 4. The molecule has 0 aliphatic carbocycles. The molecule has 1 aromatic heterocycles. The first-order valence-corrected chi connectivity index (χ1v) is 4.97. The third kappa shape index (κ3) is 4.51. The van der Waals surface area contributed by atoms with Crippen molar-refractivity contribution in [2.75, 3.05) is 13.1 Å². The number of nitrogens with zero attached hydrogens (tertiary/aromatic N) is 2. The summed E-state index contributed by atoms with van der Waals surface area (Å²) in [5.41, 5.74) is 1.64. The molecule has 0 aliphatic heterocycles. The summed E-state index contributed by atoms with van der Waals surface area (Å²) in [6.07, 6.45) is 3.36. The number of carbonyl (C=O) groups is 1. The molecule has 15 heavy (non-hydrogen) atoms. The maximum Gasteiger partial charge on any atom is 0.234 e. The van der Waals surface area contributed by atoms with Crippen molar-refractivity contribution in [3.8, 4) is 0 Å². The van der Waals surface area contributed by atoms with Crippen LogP contribution in [0.2, 0.25) is 0 Å². The monoisotopic (exact) mass is 208 g/mol. The van der Waals surface area contributed by atoms with Crippen LogP contribution in [0.15, 0.2) is 12.4 Å². The van der Waals surface area contributed by atoms with Gasteiger partial charge < -0.3 is 10.6 Å². The Morgan fingerprint density at radius 3 is 2.80 bits per heavy atom. The minimum Gasteiger partial charge on any atom is -0.349 e. The Morgan fingerprint density at radius 2 is 2.20 bits per heavy atom. The normalized spacial score (nSPS) is 10.0. The van der Waals surface area contributed by atoms with Gasteiger partial charge in [0.15, 0.2) is 0 Å². The largest absolute Gasteiger partial charge is 0.349 e. The number of aromatic nitrogens is 2. The second-order valence-corrected chi connectivity index (χ2v) is 3.21. The van der Waals surface area contributed by atoms with Crippen molar-refractivity contribution in [3.05, 3.63) is 23.8 Å². The van der Waals surface area contributed by atoms with E-state index in [1.165, 1.54) is 0 Å². The molecule has 0 aromatic carbocycles. The highest BCUT2D eigenvalue weighted by atomic mass is 16.1. The average molecular weight is 208 g/mol. The van der Waals surface area contributed by atoms with Crippen molar-refractivity contribution in [1.82, 2.24) is 20.6 Å². The van der Waals surface area contributed by atoms with E-state index in [0.29, 0.717) is 13.1 Å². The van der Waals surface area contributed by atoms with Gasteiger partial charge in [-0.1, -0.05) is 6.92 Å². The summed E-state index contributed by atoms with van der Waals surface area (Å²) in [6.45, 7) is 5.39. The highest BCUT2D eigenvalue weighted by molar-refractivity contribution is 5.77. The first-order chi connectivity index (χ1) is 7.22. The van der Waals surface area contributed by atoms with E-state index in [0.717, 1.165) is 17.9 Å². The number of amides is 1. The van der Waals surface area contributed by atoms with Crippen LogP contribution in [0, 0.1) is 6.92 Å². The molecule has 0 saturated carbocycles. The molecule has 0 aliphatic rings. The van der Waals surface area contributed by atoms with Crippen LogP contribution in [-0.2, 0) is 11.3 Å². The van der Waals surface area contributed by atoms with Gasteiger partial charge in [-0.3, -0.25) is 14.8 Å². The minimum atomic E-state index is -0.0285. The molecular formula is C10H16N4O. The van der Waals surface area contributed by atoms with E-state index in [-0.39, 0.29) is 5.91 Å². The summed E-state index contributed by atoms with van der Waals surface area (Å²) in [5.74, 6) is -0.0285. The maximum absolute atomic E-state index is 11.2. The van der Waals surface area contributed by atoms with Gasteiger partial charge in [0.2, 0.25) is 5.91 Å². The van der Waals surface area contributed by atoms with E-state index < -0.39 is 0 Å². The molecule has 5 nitrogen and oxygen atoms in total. The van der Waals surface area contributed by atoms with Crippen molar-refractivity contribution < 1.29 is 4.79 Å². The summed E-state index contributed by atoms with van der Waals surface area (Å²) in [4.78, 5) is 19.4. The number of nitrogens with one attached hydrogen (secondary N) is 2. The lowest BCUT2D eigenvalue weighted by atomic mass is 10.4. The standard InChI is InChI=1S/C10H16N4O/c1-3-11-7-10(15)14-6-9-5-12-8(2)4-13-9/h4-5,11H,3,6-7H2,1-2H3,(H,14,15). The van der Waals surface area contributed by atoms with Crippen LogP contribution in [0.1, 0.15) is 18.3 Å². The molecular weight excluding hydrogens is 192 g/mol. The minimum absolute atomic E-state index is 0.0285. The van der Waals surface area contributed by atoms with E-state index in [4.69, 9.17) is 0 Å². The Labute approximate surface area is 89.3 Å². The van der Waals surface area contributed by atoms with Crippen LogP contribution in [-0.4, -0.2) is 29.0 Å². The molecule has 82 valence electrons. The molecule has 0 saturated heterocycles. The van der Waals surface area contributed by atoms with Gasteiger partial charge in [0, 0.05) is 6.20 Å². The Morgan fingerprint density at radius 1 is 1.40 bits per heavy atom. The van der Waals surface area contributed by atoms with Gasteiger partial charge in [-0.25, -0.2) is 0 Å². The Kier molecular flexibility index (Phi) is 4.70. The lowest BCUT2D eigenvalue weighted by Crippen LogP contribution is -2.33. The molecule has 1 heterocycles. The quantitative estimate of drug-likeness (QED) is 0.715. The van der Waals surface area contributed by atoms with Crippen molar-refractivity contribution in [2.45, 2.75) is 20.4 Å². The second-order valence-electron chi connectivity index (χ2n) is 3.21. The number of hydrogen-bond donors (Lipinski definition) is 2. The third-order valence-electron chi connectivity index (χ3n) is 1.84. The van der Waals surface area contributed by atoms with Crippen molar-refractivity contribution in [2.24, 2.45) is 0 Å². The predicted octanol–water partition coefficient (Wildman–Crippen LogP) is 0.0107. The summed E-state index contributed by atoms with van der Waals surface area (Å²) < 4.78 is 0. The fraction of sp³-hybridized carbons (Fsp3) is 0.500. The van der Waals surface area contributed by atoms with Crippen LogP contribution in [0.25, 0.3) is 0 Å². The van der Waals surface area contributed by atoms with Crippen LogP contribution in [0.5, 0.6) is 0 Å². The molecule has 0 unspecified atom stereocenters. The van der Waals surface area contributed by atoms with E-state index in [2.05, 4.69) is 20.6 Å². The molecule has 0 fully saturated rings.